The van der Waals surface area contributed by atoms with Crippen LogP contribution in [0.15, 0.2) is 22.7 Å². The average molecular weight is 287 g/mol. The minimum atomic E-state index is -0.214. The van der Waals surface area contributed by atoms with E-state index in [4.69, 9.17) is 5.73 Å². The molecule has 1 aromatic carbocycles. The van der Waals surface area contributed by atoms with E-state index in [2.05, 4.69) is 21.2 Å². The average Bonchev–Trinajstić information content (AvgIpc) is 2.33. The second kappa shape index (κ2) is 5.25. The van der Waals surface area contributed by atoms with Crippen molar-refractivity contribution >= 4 is 15.9 Å². The number of nitrogens with two attached hydrogens (primary N) is 1. The predicted molar refractivity (Wildman–Crippen MR) is 66.6 cm³/mol. The number of hydrogen-bond donors (Lipinski definition) is 2. The molecule has 1 aliphatic heterocycles. The van der Waals surface area contributed by atoms with Crippen molar-refractivity contribution in [2.45, 2.75) is 18.9 Å². The van der Waals surface area contributed by atoms with Gasteiger partial charge in [0.2, 0.25) is 0 Å². The highest BCUT2D eigenvalue weighted by atomic mass is 79.9. The van der Waals surface area contributed by atoms with E-state index in [0.29, 0.717) is 16.0 Å². The highest BCUT2D eigenvalue weighted by Crippen LogP contribution is 2.30. The molecule has 1 saturated heterocycles. The van der Waals surface area contributed by atoms with Gasteiger partial charge in [-0.15, -0.1) is 0 Å². The standard InChI is InChI=1S/C12H16BrFN2/c13-10-3-1-2-9(11(10)14)12(15)8-4-6-16-7-5-8/h1-3,8,12,16H,4-7,15H2/t12-/m1/s1. The summed E-state index contributed by atoms with van der Waals surface area (Å²) in [6.07, 6.45) is 2.04. The first-order chi connectivity index (χ1) is 7.70. The minimum Gasteiger partial charge on any atom is -0.324 e. The molecule has 1 heterocycles. The first-order valence-electron chi connectivity index (χ1n) is 5.60. The Hall–Kier alpha value is -0.450. The Bertz CT molecular complexity index is 364. The summed E-state index contributed by atoms with van der Waals surface area (Å²) in [6.45, 7) is 1.96. The Morgan fingerprint density at radius 3 is 2.75 bits per heavy atom. The van der Waals surface area contributed by atoms with Crippen molar-refractivity contribution in [1.29, 1.82) is 0 Å². The van der Waals surface area contributed by atoms with Gasteiger partial charge in [-0.3, -0.25) is 0 Å². The zero-order valence-corrected chi connectivity index (χ0v) is 10.6. The summed E-state index contributed by atoms with van der Waals surface area (Å²) >= 11 is 3.20. The molecule has 0 spiro atoms. The number of nitrogens with one attached hydrogen (secondary N) is 1. The zero-order valence-electron chi connectivity index (χ0n) is 9.05. The molecule has 1 fully saturated rings. The molecule has 0 unspecified atom stereocenters. The van der Waals surface area contributed by atoms with E-state index in [1.807, 2.05) is 6.07 Å². The normalized spacial score (nSPS) is 19.7. The summed E-state index contributed by atoms with van der Waals surface area (Å²) in [7, 11) is 0. The Balaban J connectivity index is 2.19. The van der Waals surface area contributed by atoms with Crippen molar-refractivity contribution in [3.63, 3.8) is 0 Å². The molecule has 2 nitrogen and oxygen atoms in total. The zero-order chi connectivity index (χ0) is 11.5. The van der Waals surface area contributed by atoms with Gasteiger partial charge < -0.3 is 11.1 Å². The second-order valence-corrected chi connectivity index (χ2v) is 5.11. The van der Waals surface area contributed by atoms with E-state index < -0.39 is 0 Å². The van der Waals surface area contributed by atoms with Crippen molar-refractivity contribution in [2.75, 3.05) is 13.1 Å². The fourth-order valence-electron chi connectivity index (χ4n) is 2.24. The smallest absolute Gasteiger partial charge is 0.142 e. The maximum atomic E-state index is 13.9. The molecular formula is C12H16BrFN2. The second-order valence-electron chi connectivity index (χ2n) is 4.26. The first kappa shape index (κ1) is 12.0. The molecule has 88 valence electrons. The van der Waals surface area contributed by atoms with Crippen LogP contribution < -0.4 is 11.1 Å². The van der Waals surface area contributed by atoms with Crippen molar-refractivity contribution in [3.05, 3.63) is 34.1 Å². The quantitative estimate of drug-likeness (QED) is 0.877. The lowest BCUT2D eigenvalue weighted by Gasteiger charge is -2.28. The van der Waals surface area contributed by atoms with Gasteiger partial charge in [-0.05, 0) is 53.8 Å². The summed E-state index contributed by atoms with van der Waals surface area (Å²) in [5.74, 6) is 0.165. The number of hydrogen-bond acceptors (Lipinski definition) is 2. The van der Waals surface area contributed by atoms with Gasteiger partial charge >= 0.3 is 0 Å². The van der Waals surface area contributed by atoms with Crippen LogP contribution in [0.4, 0.5) is 4.39 Å². The Morgan fingerprint density at radius 2 is 2.06 bits per heavy atom. The van der Waals surface area contributed by atoms with Crippen LogP contribution in [0.2, 0.25) is 0 Å². The maximum absolute atomic E-state index is 13.9. The summed E-state index contributed by atoms with van der Waals surface area (Å²) < 4.78 is 14.4. The summed E-state index contributed by atoms with van der Waals surface area (Å²) in [5, 5.41) is 3.29. The van der Waals surface area contributed by atoms with Gasteiger partial charge in [-0.1, -0.05) is 12.1 Å². The molecule has 4 heteroatoms. The van der Waals surface area contributed by atoms with E-state index in [1.54, 1.807) is 12.1 Å². The van der Waals surface area contributed by atoms with E-state index in [9.17, 15) is 4.39 Å². The number of halogens is 2. The number of rotatable bonds is 2. The van der Waals surface area contributed by atoms with Crippen molar-refractivity contribution < 1.29 is 4.39 Å². The van der Waals surface area contributed by atoms with Gasteiger partial charge in [0.1, 0.15) is 5.82 Å². The van der Waals surface area contributed by atoms with Crippen LogP contribution in [0.3, 0.4) is 0 Å². The molecule has 0 aromatic heterocycles. The molecule has 0 radical (unpaired) electrons. The minimum absolute atomic E-state index is 0.195. The SMILES string of the molecule is N[C@@H](c1cccc(Br)c1F)C1CCNCC1. The lowest BCUT2D eigenvalue weighted by molar-refractivity contribution is 0.317. The fraction of sp³-hybridized carbons (Fsp3) is 0.500. The highest BCUT2D eigenvalue weighted by molar-refractivity contribution is 9.10. The van der Waals surface area contributed by atoms with Crippen LogP contribution in [-0.4, -0.2) is 13.1 Å². The maximum Gasteiger partial charge on any atom is 0.142 e. The van der Waals surface area contributed by atoms with Crippen LogP contribution in [-0.2, 0) is 0 Å². The van der Waals surface area contributed by atoms with Gasteiger partial charge in [-0.2, -0.15) is 0 Å². The third-order valence-corrected chi connectivity index (χ3v) is 3.84. The number of benzene rings is 1. The van der Waals surface area contributed by atoms with E-state index in [-0.39, 0.29) is 11.9 Å². The molecule has 3 N–H and O–H groups in total. The molecule has 16 heavy (non-hydrogen) atoms. The Morgan fingerprint density at radius 1 is 1.38 bits per heavy atom. The molecule has 1 atom stereocenters. The van der Waals surface area contributed by atoms with Crippen LogP contribution in [0.25, 0.3) is 0 Å². The third-order valence-electron chi connectivity index (χ3n) is 3.23. The van der Waals surface area contributed by atoms with Crippen LogP contribution in [0.5, 0.6) is 0 Å². The summed E-state index contributed by atoms with van der Waals surface area (Å²) in [6, 6.07) is 5.13. The van der Waals surface area contributed by atoms with Crippen molar-refractivity contribution in [1.82, 2.24) is 5.32 Å². The Labute approximate surface area is 104 Å². The van der Waals surface area contributed by atoms with Gasteiger partial charge in [0.25, 0.3) is 0 Å². The molecule has 0 saturated carbocycles. The van der Waals surface area contributed by atoms with Crippen LogP contribution in [0.1, 0.15) is 24.4 Å². The lowest BCUT2D eigenvalue weighted by Crippen LogP contribution is -2.34. The van der Waals surface area contributed by atoms with Crippen LogP contribution >= 0.6 is 15.9 Å². The first-order valence-corrected chi connectivity index (χ1v) is 6.39. The van der Waals surface area contributed by atoms with Crippen LogP contribution in [0, 0.1) is 11.7 Å². The van der Waals surface area contributed by atoms with Crippen molar-refractivity contribution in [3.8, 4) is 0 Å². The fourth-order valence-corrected chi connectivity index (χ4v) is 2.62. The van der Waals surface area contributed by atoms with Gasteiger partial charge in [0.05, 0.1) is 4.47 Å². The molecule has 0 amide bonds. The van der Waals surface area contributed by atoms with E-state index in [1.165, 1.54) is 0 Å². The number of piperidine rings is 1. The molecule has 1 aromatic rings. The molecule has 2 rings (SSSR count). The monoisotopic (exact) mass is 286 g/mol. The molecule has 1 aliphatic rings. The third kappa shape index (κ3) is 2.44. The van der Waals surface area contributed by atoms with E-state index >= 15 is 0 Å². The molecule has 0 bridgehead atoms. The molecular weight excluding hydrogens is 271 g/mol. The van der Waals surface area contributed by atoms with Gasteiger partial charge in [0.15, 0.2) is 0 Å². The molecule has 0 aliphatic carbocycles. The topological polar surface area (TPSA) is 38.0 Å². The highest BCUT2D eigenvalue weighted by Gasteiger charge is 2.24. The summed E-state index contributed by atoms with van der Waals surface area (Å²) in [4.78, 5) is 0. The van der Waals surface area contributed by atoms with Gasteiger partial charge in [0, 0.05) is 11.6 Å². The van der Waals surface area contributed by atoms with Crippen molar-refractivity contribution in [2.24, 2.45) is 11.7 Å². The Kier molecular flexibility index (Phi) is 3.95. The van der Waals surface area contributed by atoms with E-state index in [0.717, 1.165) is 25.9 Å². The predicted octanol–water partition coefficient (Wildman–Crippen LogP) is 2.59. The largest absolute Gasteiger partial charge is 0.324 e. The summed E-state index contributed by atoms with van der Waals surface area (Å²) in [5.41, 5.74) is 6.78. The van der Waals surface area contributed by atoms with Gasteiger partial charge in [-0.25, -0.2) is 4.39 Å². The lowest BCUT2D eigenvalue weighted by atomic mass is 9.86.